The summed E-state index contributed by atoms with van der Waals surface area (Å²) in [5, 5.41) is 5.93. The van der Waals surface area contributed by atoms with E-state index in [1.165, 1.54) is 91.5 Å². The normalized spacial score (nSPS) is 12.4. The third kappa shape index (κ3) is 6.33. The molecule has 0 atom stereocenters. The number of benzene rings is 4. The zero-order chi connectivity index (χ0) is 29.5. The van der Waals surface area contributed by atoms with Gasteiger partial charge in [-0.25, -0.2) is 0 Å². The van der Waals surface area contributed by atoms with Crippen molar-refractivity contribution >= 4 is 30.3 Å². The molecule has 0 saturated carbocycles. The van der Waals surface area contributed by atoms with Crippen molar-refractivity contribution in [2.45, 2.75) is 72.6 Å². The van der Waals surface area contributed by atoms with Crippen molar-refractivity contribution in [3.8, 4) is 0 Å². The van der Waals surface area contributed by atoms with Crippen molar-refractivity contribution in [2.24, 2.45) is 0 Å². The van der Waals surface area contributed by atoms with Crippen LogP contribution in [0, 0.1) is 0 Å². The fourth-order valence-electron chi connectivity index (χ4n) is 6.56. The van der Waals surface area contributed by atoms with E-state index in [2.05, 4.69) is 131 Å². The first-order valence-electron chi connectivity index (χ1n) is 15.8. The van der Waals surface area contributed by atoms with Gasteiger partial charge in [-0.15, -0.1) is 33.7 Å². The van der Waals surface area contributed by atoms with Crippen molar-refractivity contribution < 1.29 is 24.2 Å². The van der Waals surface area contributed by atoms with Crippen molar-refractivity contribution in [2.75, 3.05) is 0 Å². The maximum absolute atomic E-state index is 2.49. The number of fused-ring (bicyclic) bond motifs is 3. The molecule has 0 bridgehead atoms. The standard InChI is InChI=1S/C28H33.C13H10.Zr/c1-5-11-24-22(8-4)27(20-13-9-10-14-20)26-18-21-17-19(7-3)15-16-23(21)28(26)25(24)12-6-2;1-3-7-12(8-4-1)11-13-9-5-2-6-10-13;/h9-10,13,15-18H,5-8,11-12,14H2,1-4H3;1-10H;/q-1;;. The number of hydrogen-bond donors (Lipinski definition) is 0. The Balaban J connectivity index is 0.000000211. The van der Waals surface area contributed by atoms with Crippen LogP contribution in [0.5, 0.6) is 0 Å². The molecule has 6 rings (SSSR count). The fourth-order valence-corrected chi connectivity index (χ4v) is 7.38. The molecular formula is C41H43Zr-. The van der Waals surface area contributed by atoms with E-state index in [9.17, 15) is 0 Å². The van der Waals surface area contributed by atoms with Crippen LogP contribution in [-0.2, 0) is 49.9 Å². The van der Waals surface area contributed by atoms with Gasteiger partial charge in [0.2, 0.25) is 0 Å². The molecule has 0 radical (unpaired) electrons. The van der Waals surface area contributed by atoms with Gasteiger partial charge < -0.3 is 0 Å². The van der Waals surface area contributed by atoms with E-state index in [0.717, 1.165) is 19.3 Å². The summed E-state index contributed by atoms with van der Waals surface area (Å²) in [6.07, 6.45) is 15.0. The molecule has 212 valence electrons. The van der Waals surface area contributed by atoms with Gasteiger partial charge in [-0.1, -0.05) is 104 Å². The van der Waals surface area contributed by atoms with E-state index in [-0.39, 0.29) is 0 Å². The fraction of sp³-hybridized carbons (Fsp3) is 0.268. The van der Waals surface area contributed by atoms with Crippen LogP contribution in [0.25, 0.3) is 27.1 Å². The summed E-state index contributed by atoms with van der Waals surface area (Å²) in [5.41, 5.74) is 12.0. The summed E-state index contributed by atoms with van der Waals surface area (Å²) in [6.45, 7) is 9.25. The van der Waals surface area contributed by atoms with Crippen LogP contribution in [0.2, 0.25) is 0 Å². The van der Waals surface area contributed by atoms with E-state index in [1.807, 2.05) is 0 Å². The third-order valence-corrected chi connectivity index (χ3v) is 9.95. The predicted octanol–water partition coefficient (Wildman–Crippen LogP) is 10.9. The zero-order valence-corrected chi connectivity index (χ0v) is 28.2. The third-order valence-electron chi connectivity index (χ3n) is 8.54. The Kier molecular flexibility index (Phi) is 10.5. The van der Waals surface area contributed by atoms with Crippen LogP contribution >= 0.6 is 0 Å². The quantitative estimate of drug-likeness (QED) is 0.143. The molecule has 5 aromatic rings. The summed E-state index contributed by atoms with van der Waals surface area (Å²) in [4.78, 5) is 0. The van der Waals surface area contributed by atoms with Gasteiger partial charge in [0.1, 0.15) is 0 Å². The molecule has 5 aromatic carbocycles. The second-order valence-corrected chi connectivity index (χ2v) is 12.5. The van der Waals surface area contributed by atoms with Crippen LogP contribution in [0.4, 0.5) is 0 Å². The van der Waals surface area contributed by atoms with E-state index in [0.29, 0.717) is 0 Å². The first-order chi connectivity index (χ1) is 20.6. The van der Waals surface area contributed by atoms with Gasteiger partial charge in [-0.3, -0.25) is 0 Å². The van der Waals surface area contributed by atoms with E-state index in [4.69, 9.17) is 0 Å². The van der Waals surface area contributed by atoms with Gasteiger partial charge in [-0.05, 0) is 32.1 Å². The van der Waals surface area contributed by atoms with Crippen molar-refractivity contribution in [3.63, 3.8) is 0 Å². The van der Waals surface area contributed by atoms with E-state index < -0.39 is 0 Å². The second-order valence-electron chi connectivity index (χ2n) is 11.3. The molecule has 0 N–H and O–H groups in total. The predicted molar refractivity (Wildman–Crippen MR) is 182 cm³/mol. The van der Waals surface area contributed by atoms with Gasteiger partial charge in [0.25, 0.3) is 0 Å². The van der Waals surface area contributed by atoms with Crippen molar-refractivity contribution in [3.05, 3.63) is 142 Å². The van der Waals surface area contributed by atoms with E-state index >= 15 is 0 Å². The Morgan fingerprint density at radius 1 is 0.738 bits per heavy atom. The zero-order valence-electron chi connectivity index (χ0n) is 25.8. The molecule has 1 heteroatoms. The summed E-state index contributed by atoms with van der Waals surface area (Å²) in [5.74, 6) is 0. The maximum atomic E-state index is 2.49. The minimum absolute atomic E-state index is 1.07. The van der Waals surface area contributed by atoms with Gasteiger partial charge >= 0.3 is 99.2 Å². The number of rotatable bonds is 9. The number of hydrogen-bond acceptors (Lipinski definition) is 0. The monoisotopic (exact) mass is 625 g/mol. The molecule has 0 aromatic heterocycles. The molecule has 0 unspecified atom stereocenters. The van der Waals surface area contributed by atoms with Crippen molar-refractivity contribution in [1.29, 1.82) is 0 Å². The average Bonchev–Trinajstić information content (AvgIpc) is 3.71. The summed E-state index contributed by atoms with van der Waals surface area (Å²) in [7, 11) is 0. The minimum atomic E-state index is 1.07. The molecule has 42 heavy (non-hydrogen) atoms. The SMILES string of the molecule is CCCc1c(CC)c(C2=CC=CC2)c2[cH-]c3cc(CC)ccc3c2c1CCC.[Zr]=[C](c1ccccc1)c1ccccc1. The van der Waals surface area contributed by atoms with Crippen LogP contribution in [0.15, 0.2) is 103 Å². The molecule has 0 amide bonds. The number of aryl methyl sites for hydroxylation is 2. The molecular weight excluding hydrogens is 584 g/mol. The van der Waals surface area contributed by atoms with Gasteiger partial charge in [0.15, 0.2) is 0 Å². The summed E-state index contributed by atoms with van der Waals surface area (Å²) >= 11 is 1.46. The van der Waals surface area contributed by atoms with Crippen LogP contribution in [0.3, 0.4) is 0 Å². The first kappa shape index (κ1) is 30.4. The summed E-state index contributed by atoms with van der Waals surface area (Å²) < 4.78 is 1.42. The Hall–Kier alpha value is -3.02. The molecule has 0 spiro atoms. The molecule has 0 heterocycles. The van der Waals surface area contributed by atoms with E-state index in [1.54, 1.807) is 27.6 Å². The Labute approximate surface area is 267 Å². The van der Waals surface area contributed by atoms with Crippen LogP contribution < -0.4 is 0 Å². The first-order valence-corrected chi connectivity index (χ1v) is 17.1. The Morgan fingerprint density at radius 3 is 1.93 bits per heavy atom. The molecule has 0 saturated heterocycles. The Bertz CT molecular complexity index is 1690. The molecule has 0 fully saturated rings. The van der Waals surface area contributed by atoms with Crippen LogP contribution in [-0.4, -0.2) is 3.21 Å². The van der Waals surface area contributed by atoms with Gasteiger partial charge in [0, 0.05) is 0 Å². The van der Waals surface area contributed by atoms with Gasteiger partial charge in [0.05, 0.1) is 0 Å². The molecule has 1 aliphatic rings. The van der Waals surface area contributed by atoms with Crippen LogP contribution in [0.1, 0.15) is 85.9 Å². The topological polar surface area (TPSA) is 0 Å². The average molecular weight is 627 g/mol. The molecule has 0 nitrogen and oxygen atoms in total. The Morgan fingerprint density at radius 2 is 1.38 bits per heavy atom. The summed E-state index contributed by atoms with van der Waals surface area (Å²) in [6, 6.07) is 30.7. The molecule has 1 aliphatic carbocycles. The second kappa shape index (κ2) is 14.4. The van der Waals surface area contributed by atoms with Crippen molar-refractivity contribution in [1.82, 2.24) is 0 Å². The van der Waals surface area contributed by atoms with Gasteiger partial charge in [-0.2, -0.15) is 0 Å². The molecule has 0 aliphatic heterocycles. The number of allylic oxidation sites excluding steroid dienone is 4.